The van der Waals surface area contributed by atoms with Crippen molar-refractivity contribution in [3.05, 3.63) is 47.2 Å². The van der Waals surface area contributed by atoms with Gasteiger partial charge in [0.15, 0.2) is 0 Å². The van der Waals surface area contributed by atoms with Crippen LogP contribution in [0.1, 0.15) is 27.5 Å². The molecule has 1 unspecified atom stereocenters. The molecule has 0 bridgehead atoms. The first-order valence-corrected chi connectivity index (χ1v) is 5.77. The molecule has 1 aromatic heterocycles. The lowest BCUT2D eigenvalue weighted by Crippen LogP contribution is -2.08. The van der Waals surface area contributed by atoms with Crippen LogP contribution in [0, 0.1) is 6.92 Å². The Morgan fingerprint density at radius 3 is 2.83 bits per heavy atom. The topological polar surface area (TPSA) is 67.2 Å². The van der Waals surface area contributed by atoms with Crippen molar-refractivity contribution in [2.24, 2.45) is 0 Å². The van der Waals surface area contributed by atoms with E-state index in [9.17, 15) is 4.79 Å². The number of hydrogen-bond donors (Lipinski definition) is 2. The summed E-state index contributed by atoms with van der Waals surface area (Å²) in [5.41, 5.74) is 2.58. The van der Waals surface area contributed by atoms with Crippen LogP contribution in [-0.2, 0) is 6.54 Å². The van der Waals surface area contributed by atoms with Crippen molar-refractivity contribution in [2.45, 2.75) is 19.5 Å². The summed E-state index contributed by atoms with van der Waals surface area (Å²) in [7, 11) is 0. The molecule has 18 heavy (non-hydrogen) atoms. The monoisotopic (exact) mass is 243 g/mol. The Kier molecular flexibility index (Phi) is 2.33. The highest BCUT2D eigenvalue weighted by Gasteiger charge is 2.27. The molecule has 0 fully saturated rings. The van der Waals surface area contributed by atoms with Crippen LogP contribution in [0.3, 0.4) is 0 Å². The highest BCUT2D eigenvalue weighted by molar-refractivity contribution is 5.93. The molecule has 0 amide bonds. The van der Waals surface area contributed by atoms with Gasteiger partial charge in [-0.2, -0.15) is 5.10 Å². The lowest BCUT2D eigenvalue weighted by molar-refractivity contribution is 0.0698. The minimum Gasteiger partial charge on any atom is -0.477 e. The molecule has 92 valence electrons. The average molecular weight is 243 g/mol. The molecular formula is C13H13N3O2. The number of benzene rings is 1. The SMILES string of the molecule is Cc1ccc(C2Cn3ncc(C(=O)O)c3N2)cc1. The summed E-state index contributed by atoms with van der Waals surface area (Å²) >= 11 is 0. The molecular weight excluding hydrogens is 230 g/mol. The Labute approximate surface area is 104 Å². The van der Waals surface area contributed by atoms with Crippen LogP contribution in [0.4, 0.5) is 5.82 Å². The smallest absolute Gasteiger partial charge is 0.341 e. The quantitative estimate of drug-likeness (QED) is 0.847. The van der Waals surface area contributed by atoms with E-state index in [1.807, 2.05) is 6.92 Å². The van der Waals surface area contributed by atoms with Crippen molar-refractivity contribution >= 4 is 11.8 Å². The van der Waals surface area contributed by atoms with Crippen LogP contribution >= 0.6 is 0 Å². The van der Waals surface area contributed by atoms with Crippen molar-refractivity contribution in [2.75, 3.05) is 5.32 Å². The van der Waals surface area contributed by atoms with Crippen molar-refractivity contribution < 1.29 is 9.90 Å². The Hall–Kier alpha value is -2.30. The number of carbonyl (C=O) groups is 1. The molecule has 1 aliphatic heterocycles. The number of nitrogens with zero attached hydrogens (tertiary/aromatic N) is 2. The van der Waals surface area contributed by atoms with Crippen LogP contribution in [0.25, 0.3) is 0 Å². The maximum Gasteiger partial charge on any atom is 0.341 e. The van der Waals surface area contributed by atoms with Gasteiger partial charge in [-0.25, -0.2) is 9.48 Å². The number of nitrogens with one attached hydrogen (secondary N) is 1. The highest BCUT2D eigenvalue weighted by atomic mass is 16.4. The lowest BCUT2D eigenvalue weighted by atomic mass is 10.1. The second-order valence-electron chi connectivity index (χ2n) is 4.50. The van der Waals surface area contributed by atoms with E-state index < -0.39 is 5.97 Å². The number of hydrogen-bond acceptors (Lipinski definition) is 3. The van der Waals surface area contributed by atoms with Gasteiger partial charge >= 0.3 is 5.97 Å². The van der Waals surface area contributed by atoms with Gasteiger partial charge in [0.25, 0.3) is 0 Å². The van der Waals surface area contributed by atoms with Gasteiger partial charge in [-0.3, -0.25) is 0 Å². The second-order valence-corrected chi connectivity index (χ2v) is 4.50. The largest absolute Gasteiger partial charge is 0.477 e. The Bertz CT molecular complexity index is 601. The Balaban J connectivity index is 1.89. The van der Waals surface area contributed by atoms with E-state index in [-0.39, 0.29) is 11.6 Å². The first-order valence-electron chi connectivity index (χ1n) is 5.77. The second kappa shape index (κ2) is 3.87. The molecule has 3 rings (SSSR count). The van der Waals surface area contributed by atoms with E-state index in [4.69, 9.17) is 5.11 Å². The van der Waals surface area contributed by atoms with Crippen LogP contribution < -0.4 is 5.32 Å². The number of aromatic nitrogens is 2. The number of carboxylic acids is 1. The fourth-order valence-corrected chi connectivity index (χ4v) is 2.20. The molecule has 2 heterocycles. The third kappa shape index (κ3) is 1.64. The van der Waals surface area contributed by atoms with Gasteiger partial charge in [0.05, 0.1) is 18.8 Å². The number of fused-ring (bicyclic) bond motifs is 1. The van der Waals surface area contributed by atoms with E-state index in [1.54, 1.807) is 4.68 Å². The van der Waals surface area contributed by atoms with Crippen LogP contribution in [0.15, 0.2) is 30.5 Å². The molecule has 1 aliphatic rings. The number of carboxylic acid groups (broad SMARTS) is 1. The number of anilines is 1. The van der Waals surface area contributed by atoms with Crippen molar-refractivity contribution in [1.29, 1.82) is 0 Å². The molecule has 5 nitrogen and oxygen atoms in total. The molecule has 0 saturated heterocycles. The third-order valence-corrected chi connectivity index (χ3v) is 3.22. The van der Waals surface area contributed by atoms with E-state index >= 15 is 0 Å². The summed E-state index contributed by atoms with van der Waals surface area (Å²) in [5.74, 6) is -0.360. The molecule has 0 saturated carbocycles. The molecule has 2 aromatic rings. The summed E-state index contributed by atoms with van der Waals surface area (Å²) in [5, 5.41) is 16.3. The van der Waals surface area contributed by atoms with Gasteiger partial charge in [-0.15, -0.1) is 0 Å². The van der Waals surface area contributed by atoms with Crippen LogP contribution in [0.2, 0.25) is 0 Å². The molecule has 2 N–H and O–H groups in total. The number of rotatable bonds is 2. The van der Waals surface area contributed by atoms with Crippen molar-refractivity contribution in [3.63, 3.8) is 0 Å². The third-order valence-electron chi connectivity index (χ3n) is 3.22. The minimum absolute atomic E-state index is 0.0902. The van der Waals surface area contributed by atoms with Gasteiger partial charge in [-0.05, 0) is 12.5 Å². The van der Waals surface area contributed by atoms with E-state index in [1.165, 1.54) is 11.8 Å². The zero-order chi connectivity index (χ0) is 12.7. The summed E-state index contributed by atoms with van der Waals surface area (Å²) < 4.78 is 1.70. The molecule has 0 spiro atoms. The summed E-state index contributed by atoms with van der Waals surface area (Å²) in [4.78, 5) is 11.0. The average Bonchev–Trinajstić information content (AvgIpc) is 2.88. The van der Waals surface area contributed by atoms with Gasteiger partial charge in [0.1, 0.15) is 11.4 Å². The first-order chi connectivity index (χ1) is 8.65. The fourth-order valence-electron chi connectivity index (χ4n) is 2.20. The summed E-state index contributed by atoms with van der Waals surface area (Å²) in [6.45, 7) is 2.70. The molecule has 0 aliphatic carbocycles. The lowest BCUT2D eigenvalue weighted by Gasteiger charge is -2.11. The first kappa shape index (κ1) is 10.8. The zero-order valence-corrected chi connectivity index (χ0v) is 9.92. The summed E-state index contributed by atoms with van der Waals surface area (Å²) in [6, 6.07) is 8.30. The number of aryl methyl sites for hydroxylation is 1. The Morgan fingerprint density at radius 1 is 1.44 bits per heavy atom. The van der Waals surface area contributed by atoms with Crippen molar-refractivity contribution in [3.8, 4) is 0 Å². The highest BCUT2D eigenvalue weighted by Crippen LogP contribution is 2.31. The van der Waals surface area contributed by atoms with E-state index in [2.05, 4.69) is 34.7 Å². The zero-order valence-electron chi connectivity index (χ0n) is 9.92. The maximum atomic E-state index is 11.0. The normalized spacial score (nSPS) is 17.3. The molecule has 1 atom stereocenters. The molecule has 1 aromatic carbocycles. The molecule has 5 heteroatoms. The van der Waals surface area contributed by atoms with E-state index in [0.29, 0.717) is 12.4 Å². The van der Waals surface area contributed by atoms with E-state index in [0.717, 1.165) is 5.56 Å². The van der Waals surface area contributed by atoms with Gasteiger partial charge in [0, 0.05) is 0 Å². The van der Waals surface area contributed by atoms with Gasteiger partial charge in [0.2, 0.25) is 0 Å². The van der Waals surface area contributed by atoms with Crippen LogP contribution in [-0.4, -0.2) is 20.9 Å². The predicted molar refractivity (Wildman–Crippen MR) is 66.7 cm³/mol. The van der Waals surface area contributed by atoms with Gasteiger partial charge in [-0.1, -0.05) is 29.8 Å². The van der Waals surface area contributed by atoms with Crippen LogP contribution in [0.5, 0.6) is 0 Å². The molecule has 0 radical (unpaired) electrons. The predicted octanol–water partition coefficient (Wildman–Crippen LogP) is 2.06. The standard InChI is InChI=1S/C13H13N3O2/c1-8-2-4-9(5-3-8)11-7-16-12(15-11)10(6-14-16)13(17)18/h2-6,11,15H,7H2,1H3,(H,17,18). The fraction of sp³-hybridized carbons (Fsp3) is 0.231. The van der Waals surface area contributed by atoms with Gasteiger partial charge < -0.3 is 10.4 Å². The minimum atomic E-state index is -0.951. The Morgan fingerprint density at radius 2 is 2.17 bits per heavy atom. The maximum absolute atomic E-state index is 11.0. The van der Waals surface area contributed by atoms with Crippen molar-refractivity contribution in [1.82, 2.24) is 9.78 Å². The number of aromatic carboxylic acids is 1. The summed E-state index contributed by atoms with van der Waals surface area (Å²) in [6.07, 6.45) is 1.38.